The fraction of sp³-hybridized carbons (Fsp3) is 0.316. The average Bonchev–Trinajstić information content (AvgIpc) is 2.63. The van der Waals surface area contributed by atoms with Crippen LogP contribution in [0.4, 0.5) is 5.69 Å². The number of halogens is 1. The first-order valence-electron chi connectivity index (χ1n) is 8.59. The Balaban J connectivity index is 0.00000261. The highest BCUT2D eigenvalue weighted by atomic mass is 35.5. The number of anilines is 1. The lowest BCUT2D eigenvalue weighted by Gasteiger charge is -2.34. The maximum Gasteiger partial charge on any atom is 0.261 e. The van der Waals surface area contributed by atoms with Crippen LogP contribution >= 0.6 is 12.4 Å². The van der Waals surface area contributed by atoms with Crippen molar-refractivity contribution in [2.75, 3.05) is 24.4 Å². The maximum atomic E-state index is 12.6. The molecule has 8 heteroatoms. The van der Waals surface area contributed by atoms with Crippen LogP contribution in [0.3, 0.4) is 0 Å². The van der Waals surface area contributed by atoms with Gasteiger partial charge in [-0.15, -0.1) is 12.4 Å². The van der Waals surface area contributed by atoms with Gasteiger partial charge in [0.05, 0.1) is 10.6 Å². The second kappa shape index (κ2) is 8.73. The largest absolute Gasteiger partial charge is 0.333 e. The zero-order chi connectivity index (χ0) is 18.7. The molecule has 1 aliphatic heterocycles. The maximum absolute atomic E-state index is 12.6. The van der Waals surface area contributed by atoms with Crippen LogP contribution in [0, 0.1) is 6.92 Å². The highest BCUT2D eigenvalue weighted by Crippen LogP contribution is 2.20. The van der Waals surface area contributed by atoms with Crippen LogP contribution in [0.25, 0.3) is 0 Å². The summed E-state index contributed by atoms with van der Waals surface area (Å²) in [7, 11) is -3.70. The second-order valence-electron chi connectivity index (χ2n) is 6.50. The van der Waals surface area contributed by atoms with E-state index in [1.807, 2.05) is 30.9 Å². The number of aryl methyl sites for hydroxylation is 1. The van der Waals surface area contributed by atoms with Gasteiger partial charge in [-0.25, -0.2) is 8.42 Å². The summed E-state index contributed by atoms with van der Waals surface area (Å²) in [6.45, 7) is 6.01. The van der Waals surface area contributed by atoms with E-state index >= 15 is 0 Å². The highest BCUT2D eigenvalue weighted by Gasteiger charge is 2.24. The lowest BCUT2D eigenvalue weighted by Crippen LogP contribution is -2.52. The number of sulfonamides is 1. The zero-order valence-corrected chi connectivity index (χ0v) is 16.9. The third-order valence-electron chi connectivity index (χ3n) is 4.56. The Kier molecular flexibility index (Phi) is 6.86. The zero-order valence-electron chi connectivity index (χ0n) is 15.3. The van der Waals surface area contributed by atoms with Crippen molar-refractivity contribution in [3.63, 3.8) is 0 Å². The molecular weight excluding hydrogens is 386 g/mol. The van der Waals surface area contributed by atoms with Gasteiger partial charge in [-0.1, -0.05) is 18.2 Å². The quantitative estimate of drug-likeness (QED) is 0.813. The Bertz CT molecular complexity index is 901. The van der Waals surface area contributed by atoms with Crippen molar-refractivity contribution in [3.05, 3.63) is 59.7 Å². The molecule has 2 N–H and O–H groups in total. The SMILES string of the molecule is Cc1ccccc1NS(=O)(=O)c1ccc(C(=O)N2CCNC[C@@H]2C)cc1.Cl. The van der Waals surface area contributed by atoms with Crippen LogP contribution in [0.2, 0.25) is 0 Å². The number of amides is 1. The van der Waals surface area contributed by atoms with Gasteiger partial charge in [0.25, 0.3) is 15.9 Å². The molecule has 146 valence electrons. The number of rotatable bonds is 4. The number of carbonyl (C=O) groups excluding carboxylic acids is 1. The fourth-order valence-electron chi connectivity index (χ4n) is 2.98. The molecule has 0 radical (unpaired) electrons. The summed E-state index contributed by atoms with van der Waals surface area (Å²) >= 11 is 0. The Morgan fingerprint density at radius 3 is 2.44 bits per heavy atom. The molecule has 6 nitrogen and oxygen atoms in total. The van der Waals surface area contributed by atoms with E-state index in [4.69, 9.17) is 0 Å². The molecule has 0 aliphatic carbocycles. The molecule has 1 aliphatic rings. The van der Waals surface area contributed by atoms with E-state index in [9.17, 15) is 13.2 Å². The van der Waals surface area contributed by atoms with Crippen LogP contribution < -0.4 is 10.0 Å². The first-order valence-corrected chi connectivity index (χ1v) is 10.1. The fourth-order valence-corrected chi connectivity index (χ4v) is 4.11. The summed E-state index contributed by atoms with van der Waals surface area (Å²) in [6, 6.07) is 13.4. The number of nitrogens with zero attached hydrogens (tertiary/aromatic N) is 1. The summed E-state index contributed by atoms with van der Waals surface area (Å²) in [4.78, 5) is 14.6. The molecule has 1 amide bonds. The van der Waals surface area contributed by atoms with Gasteiger partial charge in [-0.05, 0) is 49.7 Å². The van der Waals surface area contributed by atoms with E-state index in [0.717, 1.165) is 18.7 Å². The van der Waals surface area contributed by atoms with Crippen molar-refractivity contribution in [1.29, 1.82) is 0 Å². The molecule has 1 heterocycles. The van der Waals surface area contributed by atoms with E-state index in [1.54, 1.807) is 24.3 Å². The standard InChI is InChI=1S/C19H23N3O3S.ClH/c1-14-5-3-4-6-18(14)21-26(24,25)17-9-7-16(8-10-17)19(23)22-12-11-20-13-15(22)2;/h3-10,15,20-21H,11-13H2,1-2H3;1H/t15-;/m0./s1. The van der Waals surface area contributed by atoms with Crippen LogP contribution in [0.5, 0.6) is 0 Å². The Morgan fingerprint density at radius 1 is 1.15 bits per heavy atom. The Morgan fingerprint density at radius 2 is 1.81 bits per heavy atom. The van der Waals surface area contributed by atoms with E-state index in [-0.39, 0.29) is 29.3 Å². The molecule has 0 spiro atoms. The lowest BCUT2D eigenvalue weighted by molar-refractivity contribution is 0.0655. The number of para-hydroxylation sites is 1. The number of nitrogens with one attached hydrogen (secondary N) is 2. The molecule has 1 fully saturated rings. The Labute approximate surface area is 166 Å². The van der Waals surface area contributed by atoms with Crippen molar-refractivity contribution in [2.45, 2.75) is 24.8 Å². The van der Waals surface area contributed by atoms with Crippen molar-refractivity contribution in [2.24, 2.45) is 0 Å². The van der Waals surface area contributed by atoms with E-state index < -0.39 is 10.0 Å². The third-order valence-corrected chi connectivity index (χ3v) is 5.94. The molecule has 2 aromatic rings. The number of hydrogen-bond acceptors (Lipinski definition) is 4. The number of piperazine rings is 1. The number of hydrogen-bond donors (Lipinski definition) is 2. The molecule has 1 saturated heterocycles. The van der Waals surface area contributed by atoms with Crippen LogP contribution in [-0.4, -0.2) is 44.9 Å². The van der Waals surface area contributed by atoms with Crippen LogP contribution in [-0.2, 0) is 10.0 Å². The van der Waals surface area contributed by atoms with Crippen molar-refractivity contribution in [1.82, 2.24) is 10.2 Å². The highest BCUT2D eigenvalue weighted by molar-refractivity contribution is 7.92. The van der Waals surface area contributed by atoms with Gasteiger partial charge < -0.3 is 10.2 Å². The molecule has 2 aromatic carbocycles. The predicted octanol–water partition coefficient (Wildman–Crippen LogP) is 2.65. The first-order chi connectivity index (χ1) is 12.4. The van der Waals surface area contributed by atoms with Gasteiger partial charge in [0, 0.05) is 31.2 Å². The van der Waals surface area contributed by atoms with E-state index in [1.165, 1.54) is 12.1 Å². The molecule has 0 saturated carbocycles. The monoisotopic (exact) mass is 409 g/mol. The molecular formula is C19H24ClN3O3S. The van der Waals surface area contributed by atoms with Crippen molar-refractivity contribution < 1.29 is 13.2 Å². The number of carbonyl (C=O) groups is 1. The lowest BCUT2D eigenvalue weighted by atomic mass is 10.1. The summed E-state index contributed by atoms with van der Waals surface area (Å²) in [6.07, 6.45) is 0. The van der Waals surface area contributed by atoms with Crippen LogP contribution in [0.15, 0.2) is 53.4 Å². The van der Waals surface area contributed by atoms with Crippen LogP contribution in [0.1, 0.15) is 22.8 Å². The summed E-state index contributed by atoms with van der Waals surface area (Å²) < 4.78 is 27.7. The van der Waals surface area contributed by atoms with Crippen molar-refractivity contribution >= 4 is 34.0 Å². The molecule has 1 atom stereocenters. The number of benzene rings is 2. The van der Waals surface area contributed by atoms with Gasteiger partial charge in [-0.2, -0.15) is 0 Å². The summed E-state index contributed by atoms with van der Waals surface area (Å²) in [5.74, 6) is -0.0742. The topological polar surface area (TPSA) is 78.5 Å². The predicted molar refractivity (Wildman–Crippen MR) is 109 cm³/mol. The van der Waals surface area contributed by atoms with E-state index in [0.29, 0.717) is 17.8 Å². The van der Waals surface area contributed by atoms with Gasteiger partial charge >= 0.3 is 0 Å². The van der Waals surface area contributed by atoms with E-state index in [2.05, 4.69) is 10.0 Å². The minimum atomic E-state index is -3.70. The molecule has 3 rings (SSSR count). The smallest absolute Gasteiger partial charge is 0.261 e. The van der Waals surface area contributed by atoms with Crippen molar-refractivity contribution in [3.8, 4) is 0 Å². The van der Waals surface area contributed by atoms with Gasteiger partial charge in [-0.3, -0.25) is 9.52 Å². The average molecular weight is 410 g/mol. The normalized spacial score (nSPS) is 17.1. The first kappa shape index (κ1) is 21.2. The van der Waals surface area contributed by atoms with Gasteiger partial charge in [0.15, 0.2) is 0 Å². The minimum absolute atomic E-state index is 0. The molecule has 0 unspecified atom stereocenters. The van der Waals surface area contributed by atoms with Gasteiger partial charge in [0.1, 0.15) is 0 Å². The second-order valence-corrected chi connectivity index (χ2v) is 8.18. The molecule has 0 bridgehead atoms. The summed E-state index contributed by atoms with van der Waals surface area (Å²) in [5, 5.41) is 3.25. The molecule has 0 aromatic heterocycles. The summed E-state index contributed by atoms with van der Waals surface area (Å²) in [5.41, 5.74) is 1.88. The molecule has 27 heavy (non-hydrogen) atoms. The van der Waals surface area contributed by atoms with Gasteiger partial charge in [0.2, 0.25) is 0 Å². The third kappa shape index (κ3) is 4.80. The Hall–Kier alpha value is -2.09. The minimum Gasteiger partial charge on any atom is -0.333 e.